The summed E-state index contributed by atoms with van der Waals surface area (Å²) in [6.45, 7) is -0.0107. The number of carbonyl (C=O) groups excluding carboxylic acids is 1. The molecular formula is C19H20N2O2. The van der Waals surface area contributed by atoms with E-state index in [-0.39, 0.29) is 12.5 Å². The van der Waals surface area contributed by atoms with Gasteiger partial charge in [-0.3, -0.25) is 4.79 Å². The van der Waals surface area contributed by atoms with E-state index in [9.17, 15) is 4.79 Å². The Morgan fingerprint density at radius 3 is 2.83 bits per heavy atom. The van der Waals surface area contributed by atoms with E-state index in [1.54, 1.807) is 0 Å². The third-order valence-corrected chi connectivity index (χ3v) is 4.93. The average Bonchev–Trinajstić information content (AvgIpc) is 3.21. The third-order valence-electron chi connectivity index (χ3n) is 4.93. The second-order valence-corrected chi connectivity index (χ2v) is 6.52. The van der Waals surface area contributed by atoms with Crippen LogP contribution < -0.4 is 10.2 Å². The number of amides is 1. The molecule has 4 heteroatoms. The van der Waals surface area contributed by atoms with Crippen molar-refractivity contribution in [1.29, 1.82) is 0 Å². The van der Waals surface area contributed by atoms with Crippen molar-refractivity contribution in [2.75, 3.05) is 6.61 Å². The summed E-state index contributed by atoms with van der Waals surface area (Å²) >= 11 is 0. The van der Waals surface area contributed by atoms with E-state index in [4.69, 9.17) is 4.74 Å². The number of hydrogen-bond donors (Lipinski definition) is 1. The molecule has 23 heavy (non-hydrogen) atoms. The first-order chi connectivity index (χ1) is 11.3. The van der Waals surface area contributed by atoms with Gasteiger partial charge in [0, 0.05) is 5.71 Å². The normalized spacial score (nSPS) is 24.3. The Labute approximate surface area is 135 Å². The van der Waals surface area contributed by atoms with Gasteiger partial charge in [0.25, 0.3) is 5.91 Å². The van der Waals surface area contributed by atoms with E-state index in [0.717, 1.165) is 23.1 Å². The molecule has 1 N–H and O–H groups in total. The monoisotopic (exact) mass is 308 g/mol. The Morgan fingerprint density at radius 2 is 2.04 bits per heavy atom. The van der Waals surface area contributed by atoms with E-state index in [2.05, 4.69) is 16.6 Å². The molecule has 2 aliphatic carbocycles. The van der Waals surface area contributed by atoms with Gasteiger partial charge >= 0.3 is 0 Å². The molecule has 2 atom stereocenters. The van der Waals surface area contributed by atoms with Gasteiger partial charge in [-0.1, -0.05) is 30.3 Å². The minimum absolute atomic E-state index is 0.0107. The summed E-state index contributed by atoms with van der Waals surface area (Å²) in [6.07, 6.45) is 4.86. The summed E-state index contributed by atoms with van der Waals surface area (Å²) in [5.74, 6) is 1.89. The van der Waals surface area contributed by atoms with E-state index in [1.165, 1.54) is 25.0 Å². The number of nitrogens with one attached hydrogen (secondary N) is 1. The van der Waals surface area contributed by atoms with Crippen molar-refractivity contribution in [1.82, 2.24) is 5.43 Å². The Hall–Kier alpha value is -2.36. The van der Waals surface area contributed by atoms with Gasteiger partial charge in [-0.25, -0.2) is 5.43 Å². The molecule has 4 rings (SSSR count). The lowest BCUT2D eigenvalue weighted by Gasteiger charge is -2.12. The van der Waals surface area contributed by atoms with Crippen molar-refractivity contribution >= 4 is 22.4 Å². The van der Waals surface area contributed by atoms with Gasteiger partial charge in [-0.15, -0.1) is 0 Å². The Balaban J connectivity index is 1.33. The molecular weight excluding hydrogens is 288 g/mol. The quantitative estimate of drug-likeness (QED) is 0.879. The molecule has 118 valence electrons. The van der Waals surface area contributed by atoms with Crippen LogP contribution in [-0.2, 0) is 4.79 Å². The van der Waals surface area contributed by atoms with Crippen LogP contribution in [0.4, 0.5) is 0 Å². The SMILES string of the molecule is O=C(COc1ccc2ccccc2c1)N/N=C1/CC2CCC1C2. The lowest BCUT2D eigenvalue weighted by molar-refractivity contribution is -0.123. The first-order valence-electron chi connectivity index (χ1n) is 8.25. The number of fused-ring (bicyclic) bond motifs is 3. The van der Waals surface area contributed by atoms with Gasteiger partial charge < -0.3 is 4.74 Å². The van der Waals surface area contributed by atoms with Crippen molar-refractivity contribution in [2.24, 2.45) is 16.9 Å². The van der Waals surface area contributed by atoms with Crippen LogP contribution >= 0.6 is 0 Å². The van der Waals surface area contributed by atoms with Crippen LogP contribution in [0.5, 0.6) is 5.75 Å². The fourth-order valence-electron chi connectivity index (χ4n) is 3.73. The van der Waals surface area contributed by atoms with Crippen LogP contribution in [0.15, 0.2) is 47.6 Å². The second-order valence-electron chi connectivity index (χ2n) is 6.52. The number of carbonyl (C=O) groups is 1. The second kappa shape index (κ2) is 6.03. The molecule has 0 heterocycles. The third kappa shape index (κ3) is 3.07. The first kappa shape index (κ1) is 14.2. The van der Waals surface area contributed by atoms with Gasteiger partial charge in [0.1, 0.15) is 5.75 Å². The lowest BCUT2D eigenvalue weighted by atomic mass is 9.99. The van der Waals surface area contributed by atoms with Crippen LogP contribution in [0.3, 0.4) is 0 Å². The Bertz CT molecular complexity index is 769. The zero-order valence-electron chi connectivity index (χ0n) is 13.0. The van der Waals surface area contributed by atoms with Crippen LogP contribution in [0, 0.1) is 11.8 Å². The van der Waals surface area contributed by atoms with E-state index in [0.29, 0.717) is 11.7 Å². The largest absolute Gasteiger partial charge is 0.484 e. The van der Waals surface area contributed by atoms with Crippen LogP contribution in [-0.4, -0.2) is 18.2 Å². The maximum absolute atomic E-state index is 11.9. The number of hydrogen-bond acceptors (Lipinski definition) is 3. The van der Waals surface area contributed by atoms with Gasteiger partial charge in [0.05, 0.1) is 0 Å². The number of ether oxygens (including phenoxy) is 1. The predicted octanol–water partition coefficient (Wildman–Crippen LogP) is 3.51. The molecule has 0 radical (unpaired) electrons. The van der Waals surface area contributed by atoms with Crippen molar-refractivity contribution in [3.8, 4) is 5.75 Å². The smallest absolute Gasteiger partial charge is 0.277 e. The van der Waals surface area contributed by atoms with Crippen molar-refractivity contribution in [3.05, 3.63) is 42.5 Å². The van der Waals surface area contributed by atoms with Gasteiger partial charge in [-0.2, -0.15) is 5.10 Å². The van der Waals surface area contributed by atoms with Crippen molar-refractivity contribution in [3.63, 3.8) is 0 Å². The molecule has 2 aromatic carbocycles. The zero-order chi connectivity index (χ0) is 15.6. The van der Waals surface area contributed by atoms with E-state index >= 15 is 0 Å². The number of nitrogens with zero attached hydrogens (tertiary/aromatic N) is 1. The molecule has 0 saturated heterocycles. The van der Waals surface area contributed by atoms with Gasteiger partial charge in [0.2, 0.25) is 0 Å². The number of rotatable bonds is 4. The molecule has 0 aliphatic heterocycles. The average molecular weight is 308 g/mol. The molecule has 0 spiro atoms. The molecule has 2 bridgehead atoms. The maximum atomic E-state index is 11.9. The highest BCUT2D eigenvalue weighted by molar-refractivity contribution is 5.91. The maximum Gasteiger partial charge on any atom is 0.277 e. The van der Waals surface area contributed by atoms with Crippen LogP contribution in [0.25, 0.3) is 10.8 Å². The summed E-state index contributed by atoms with van der Waals surface area (Å²) < 4.78 is 5.57. The van der Waals surface area contributed by atoms with E-state index in [1.807, 2.05) is 36.4 Å². The minimum atomic E-state index is -0.201. The Kier molecular flexibility index (Phi) is 3.74. The van der Waals surface area contributed by atoms with Crippen LogP contribution in [0.1, 0.15) is 25.7 Å². The number of benzene rings is 2. The minimum Gasteiger partial charge on any atom is -0.484 e. The molecule has 2 aromatic rings. The highest BCUT2D eigenvalue weighted by atomic mass is 16.5. The standard InChI is InChI=1S/C19H20N2O2/c22-19(21-20-18-10-13-5-6-16(18)9-13)12-23-17-8-7-14-3-1-2-4-15(14)11-17/h1-4,7-8,11,13,16H,5-6,9-10,12H2,(H,21,22)/b20-18-. The fourth-order valence-corrected chi connectivity index (χ4v) is 3.73. The first-order valence-corrected chi connectivity index (χ1v) is 8.25. The van der Waals surface area contributed by atoms with Gasteiger partial charge in [-0.05, 0) is 60.4 Å². The summed E-state index contributed by atoms with van der Waals surface area (Å²) in [5, 5.41) is 6.57. The molecule has 4 nitrogen and oxygen atoms in total. The molecule has 2 aliphatic rings. The predicted molar refractivity (Wildman–Crippen MR) is 90.5 cm³/mol. The summed E-state index contributed by atoms with van der Waals surface area (Å²) in [4.78, 5) is 11.9. The van der Waals surface area contributed by atoms with Crippen molar-refractivity contribution in [2.45, 2.75) is 25.7 Å². The summed E-state index contributed by atoms with van der Waals surface area (Å²) in [7, 11) is 0. The van der Waals surface area contributed by atoms with Crippen molar-refractivity contribution < 1.29 is 9.53 Å². The molecule has 2 fully saturated rings. The topological polar surface area (TPSA) is 50.7 Å². The van der Waals surface area contributed by atoms with Crippen LogP contribution in [0.2, 0.25) is 0 Å². The zero-order valence-corrected chi connectivity index (χ0v) is 13.0. The lowest BCUT2D eigenvalue weighted by Crippen LogP contribution is -2.26. The molecule has 1 amide bonds. The molecule has 2 unspecified atom stereocenters. The highest BCUT2D eigenvalue weighted by Crippen LogP contribution is 2.42. The van der Waals surface area contributed by atoms with Gasteiger partial charge in [0.15, 0.2) is 6.61 Å². The van der Waals surface area contributed by atoms with E-state index < -0.39 is 0 Å². The highest BCUT2D eigenvalue weighted by Gasteiger charge is 2.36. The fraction of sp³-hybridized carbons (Fsp3) is 0.368. The molecule has 0 aromatic heterocycles. The summed E-state index contributed by atoms with van der Waals surface area (Å²) in [5.41, 5.74) is 3.81. The Morgan fingerprint density at radius 1 is 1.17 bits per heavy atom. The number of hydrazone groups is 1. The summed E-state index contributed by atoms with van der Waals surface area (Å²) in [6, 6.07) is 13.9. The molecule has 2 saturated carbocycles.